The lowest BCUT2D eigenvalue weighted by Gasteiger charge is -2.20. The molecule has 22 heavy (non-hydrogen) atoms. The molecule has 1 aliphatic rings. The number of aryl methyl sites for hydroxylation is 2. The molecule has 0 unspecified atom stereocenters. The Morgan fingerprint density at radius 1 is 1.23 bits per heavy atom. The lowest BCUT2D eigenvalue weighted by molar-refractivity contribution is -0.116. The SMILES string of the molecule is CCc1cccc(CC)c1NC(=O)CN(C1CC1)S(C)(=O)=O. The van der Waals surface area contributed by atoms with Crippen molar-refractivity contribution in [2.45, 2.75) is 45.6 Å². The standard InChI is InChI=1S/C16H24N2O3S/c1-4-12-7-6-8-13(5-2)16(12)17-15(19)11-18(14-9-10-14)22(3,20)21/h6-8,14H,4-5,9-11H2,1-3H3,(H,17,19). The van der Waals surface area contributed by atoms with E-state index < -0.39 is 10.0 Å². The summed E-state index contributed by atoms with van der Waals surface area (Å²) in [4.78, 5) is 12.3. The maximum absolute atomic E-state index is 12.3. The summed E-state index contributed by atoms with van der Waals surface area (Å²) in [6, 6.07) is 5.96. The Bertz CT molecular complexity index is 629. The van der Waals surface area contributed by atoms with Crippen LogP contribution in [0.3, 0.4) is 0 Å². The molecule has 1 fully saturated rings. The highest BCUT2D eigenvalue weighted by molar-refractivity contribution is 7.88. The van der Waals surface area contributed by atoms with Crippen molar-refractivity contribution in [3.05, 3.63) is 29.3 Å². The molecule has 1 aliphatic carbocycles. The monoisotopic (exact) mass is 324 g/mol. The van der Waals surface area contributed by atoms with E-state index in [-0.39, 0.29) is 18.5 Å². The summed E-state index contributed by atoms with van der Waals surface area (Å²) in [6.07, 6.45) is 4.48. The highest BCUT2D eigenvalue weighted by Gasteiger charge is 2.36. The van der Waals surface area contributed by atoms with E-state index in [2.05, 4.69) is 5.32 Å². The maximum atomic E-state index is 12.3. The van der Waals surface area contributed by atoms with Crippen molar-refractivity contribution >= 4 is 21.6 Å². The van der Waals surface area contributed by atoms with Crippen molar-refractivity contribution in [1.82, 2.24) is 4.31 Å². The molecule has 0 spiro atoms. The average molecular weight is 324 g/mol. The normalized spacial score (nSPS) is 15.1. The number of nitrogens with one attached hydrogen (secondary N) is 1. The Kier molecular flexibility index (Phi) is 5.24. The van der Waals surface area contributed by atoms with Gasteiger partial charge in [0.1, 0.15) is 0 Å². The predicted octanol–water partition coefficient (Wildman–Crippen LogP) is 2.17. The summed E-state index contributed by atoms with van der Waals surface area (Å²) in [5.74, 6) is -0.270. The molecule has 0 heterocycles. The van der Waals surface area contributed by atoms with Crippen molar-refractivity contribution in [1.29, 1.82) is 0 Å². The minimum Gasteiger partial charge on any atom is -0.324 e. The third kappa shape index (κ3) is 4.08. The lowest BCUT2D eigenvalue weighted by atomic mass is 10.0. The van der Waals surface area contributed by atoms with Crippen molar-refractivity contribution in [2.24, 2.45) is 0 Å². The molecule has 0 saturated heterocycles. The summed E-state index contributed by atoms with van der Waals surface area (Å²) in [5.41, 5.74) is 2.98. The van der Waals surface area contributed by atoms with Crippen molar-refractivity contribution in [3.63, 3.8) is 0 Å². The number of carbonyl (C=O) groups excluding carboxylic acids is 1. The Labute approximate surface area is 132 Å². The zero-order valence-electron chi connectivity index (χ0n) is 13.4. The van der Waals surface area contributed by atoms with Crippen molar-refractivity contribution in [3.8, 4) is 0 Å². The summed E-state index contributed by atoms with van der Waals surface area (Å²) >= 11 is 0. The summed E-state index contributed by atoms with van der Waals surface area (Å²) in [6.45, 7) is 3.97. The molecule has 5 nitrogen and oxygen atoms in total. The second-order valence-corrected chi connectivity index (χ2v) is 7.68. The molecule has 0 aromatic heterocycles. The van der Waals surface area contributed by atoms with Gasteiger partial charge in [-0.3, -0.25) is 4.79 Å². The Morgan fingerprint density at radius 3 is 2.18 bits per heavy atom. The Hall–Kier alpha value is -1.40. The van der Waals surface area contributed by atoms with E-state index in [1.54, 1.807) is 0 Å². The fourth-order valence-electron chi connectivity index (χ4n) is 2.60. The minimum absolute atomic E-state index is 0.00665. The molecule has 0 aliphatic heterocycles. The summed E-state index contributed by atoms with van der Waals surface area (Å²) in [5, 5.41) is 2.92. The van der Waals surface area contributed by atoms with Gasteiger partial charge in [0.05, 0.1) is 12.8 Å². The smallest absolute Gasteiger partial charge is 0.239 e. The first-order chi connectivity index (χ1) is 10.4. The van der Waals surface area contributed by atoms with E-state index in [4.69, 9.17) is 0 Å². The Morgan fingerprint density at radius 2 is 1.77 bits per heavy atom. The maximum Gasteiger partial charge on any atom is 0.239 e. The summed E-state index contributed by atoms with van der Waals surface area (Å²) in [7, 11) is -3.35. The molecule has 1 aromatic rings. The molecule has 1 amide bonds. The van der Waals surface area contributed by atoms with Gasteiger partial charge in [0.15, 0.2) is 0 Å². The van der Waals surface area contributed by atoms with Crippen LogP contribution in [0.25, 0.3) is 0 Å². The first kappa shape index (κ1) is 17.0. The van der Waals surface area contributed by atoms with Gasteiger partial charge in [-0.15, -0.1) is 0 Å². The number of nitrogens with zero attached hydrogens (tertiary/aromatic N) is 1. The van der Waals surface area contributed by atoms with Crippen LogP contribution in [0.2, 0.25) is 0 Å². The molecular formula is C16H24N2O3S. The molecule has 0 bridgehead atoms. The average Bonchev–Trinajstić information content (AvgIpc) is 3.28. The van der Waals surface area contributed by atoms with Crippen LogP contribution in [0.15, 0.2) is 18.2 Å². The third-order valence-corrected chi connectivity index (χ3v) is 5.22. The quantitative estimate of drug-likeness (QED) is 0.836. The van der Waals surface area contributed by atoms with E-state index >= 15 is 0 Å². The number of anilines is 1. The number of hydrogen-bond acceptors (Lipinski definition) is 3. The van der Waals surface area contributed by atoms with E-state index in [9.17, 15) is 13.2 Å². The van der Waals surface area contributed by atoms with Gasteiger partial charge in [0, 0.05) is 11.7 Å². The van der Waals surface area contributed by atoms with E-state index in [0.29, 0.717) is 0 Å². The first-order valence-corrected chi connectivity index (χ1v) is 9.59. The molecule has 1 N–H and O–H groups in total. The molecule has 1 aromatic carbocycles. The molecule has 1 saturated carbocycles. The number of sulfonamides is 1. The topological polar surface area (TPSA) is 66.5 Å². The highest BCUT2D eigenvalue weighted by Crippen LogP contribution is 2.29. The van der Waals surface area contributed by atoms with Crippen LogP contribution in [-0.4, -0.2) is 37.5 Å². The van der Waals surface area contributed by atoms with Crippen LogP contribution < -0.4 is 5.32 Å². The van der Waals surface area contributed by atoms with Gasteiger partial charge >= 0.3 is 0 Å². The minimum atomic E-state index is -3.35. The number of benzene rings is 1. The van der Waals surface area contributed by atoms with E-state index in [1.165, 1.54) is 4.31 Å². The fourth-order valence-corrected chi connectivity index (χ4v) is 3.71. The van der Waals surface area contributed by atoms with Gasteiger partial charge < -0.3 is 5.32 Å². The van der Waals surface area contributed by atoms with Crippen LogP contribution in [0, 0.1) is 0 Å². The molecule has 122 valence electrons. The highest BCUT2D eigenvalue weighted by atomic mass is 32.2. The largest absolute Gasteiger partial charge is 0.324 e. The molecule has 0 atom stereocenters. The number of rotatable bonds is 7. The molecule has 6 heteroatoms. The zero-order chi connectivity index (χ0) is 16.3. The van der Waals surface area contributed by atoms with Crippen LogP contribution in [0.5, 0.6) is 0 Å². The molecule has 0 radical (unpaired) electrons. The van der Waals surface area contributed by atoms with Crippen LogP contribution in [0.4, 0.5) is 5.69 Å². The lowest BCUT2D eigenvalue weighted by Crippen LogP contribution is -2.39. The first-order valence-electron chi connectivity index (χ1n) is 7.74. The third-order valence-electron chi connectivity index (χ3n) is 3.94. The molecular weight excluding hydrogens is 300 g/mol. The number of hydrogen-bond donors (Lipinski definition) is 1. The predicted molar refractivity (Wildman–Crippen MR) is 88.4 cm³/mol. The fraction of sp³-hybridized carbons (Fsp3) is 0.562. The van der Waals surface area contributed by atoms with Crippen molar-refractivity contribution in [2.75, 3.05) is 18.1 Å². The van der Waals surface area contributed by atoms with Crippen molar-refractivity contribution < 1.29 is 13.2 Å². The second-order valence-electron chi connectivity index (χ2n) is 5.75. The van der Waals surface area contributed by atoms with Crippen LogP contribution in [0.1, 0.15) is 37.8 Å². The number of para-hydroxylation sites is 1. The van der Waals surface area contributed by atoms with E-state index in [1.807, 2.05) is 32.0 Å². The Balaban J connectivity index is 2.15. The van der Waals surface area contributed by atoms with Gasteiger partial charge in [-0.25, -0.2) is 8.42 Å². The van der Waals surface area contributed by atoms with Gasteiger partial charge in [0.25, 0.3) is 0 Å². The van der Waals surface area contributed by atoms with Crippen LogP contribution in [-0.2, 0) is 27.7 Å². The van der Waals surface area contributed by atoms with Crippen LogP contribution >= 0.6 is 0 Å². The van der Waals surface area contributed by atoms with Gasteiger partial charge in [-0.05, 0) is 36.8 Å². The van der Waals surface area contributed by atoms with Gasteiger partial charge in [0.2, 0.25) is 15.9 Å². The number of carbonyl (C=O) groups is 1. The summed E-state index contributed by atoms with van der Waals surface area (Å²) < 4.78 is 24.9. The number of amides is 1. The molecule has 2 rings (SSSR count). The zero-order valence-corrected chi connectivity index (χ0v) is 14.2. The van der Waals surface area contributed by atoms with Gasteiger partial charge in [-0.2, -0.15) is 4.31 Å². The second kappa shape index (κ2) is 6.79. The van der Waals surface area contributed by atoms with E-state index in [0.717, 1.165) is 48.8 Å². The van der Waals surface area contributed by atoms with Gasteiger partial charge in [-0.1, -0.05) is 32.0 Å².